The molecule has 2 rings (SSSR count). The lowest BCUT2D eigenvalue weighted by Crippen LogP contribution is -2.13. The Labute approximate surface area is 104 Å². The van der Waals surface area contributed by atoms with Crippen LogP contribution in [-0.4, -0.2) is 5.91 Å². The maximum atomic E-state index is 13.2. The Balaban J connectivity index is 2.63. The molecule has 0 fully saturated rings. The molecule has 18 heavy (non-hydrogen) atoms. The molecule has 2 aromatic rings. The predicted octanol–water partition coefficient (Wildman–Crippen LogP) is 2.48. The molecule has 0 saturated carbocycles. The highest BCUT2D eigenvalue weighted by atomic mass is 19.1. The first-order valence-electron chi connectivity index (χ1n) is 5.45. The van der Waals surface area contributed by atoms with Crippen LogP contribution in [0.15, 0.2) is 36.4 Å². The van der Waals surface area contributed by atoms with Crippen LogP contribution in [0.2, 0.25) is 0 Å². The van der Waals surface area contributed by atoms with Crippen LogP contribution >= 0.6 is 0 Å². The van der Waals surface area contributed by atoms with Gasteiger partial charge in [0.05, 0.1) is 0 Å². The van der Waals surface area contributed by atoms with E-state index in [0.717, 1.165) is 0 Å². The molecule has 1 amide bonds. The van der Waals surface area contributed by atoms with E-state index in [1.54, 1.807) is 31.2 Å². The minimum Gasteiger partial charge on any atom is -0.398 e. The fourth-order valence-corrected chi connectivity index (χ4v) is 1.83. The fraction of sp³-hybridized carbons (Fsp3) is 0.0714. The normalized spacial score (nSPS) is 10.3. The summed E-state index contributed by atoms with van der Waals surface area (Å²) in [6.07, 6.45) is 0. The highest BCUT2D eigenvalue weighted by Gasteiger charge is 2.11. The van der Waals surface area contributed by atoms with Gasteiger partial charge < -0.3 is 11.5 Å². The Morgan fingerprint density at radius 3 is 2.50 bits per heavy atom. The van der Waals surface area contributed by atoms with Crippen molar-refractivity contribution in [3.8, 4) is 11.1 Å². The summed E-state index contributed by atoms with van der Waals surface area (Å²) in [5.41, 5.74) is 13.9. The van der Waals surface area contributed by atoms with E-state index >= 15 is 0 Å². The van der Waals surface area contributed by atoms with Crippen molar-refractivity contribution in [3.05, 3.63) is 53.3 Å². The van der Waals surface area contributed by atoms with Crippen molar-refractivity contribution in [2.45, 2.75) is 6.92 Å². The van der Waals surface area contributed by atoms with Gasteiger partial charge in [-0.15, -0.1) is 0 Å². The molecule has 2 aromatic carbocycles. The van der Waals surface area contributed by atoms with Gasteiger partial charge in [-0.1, -0.05) is 12.1 Å². The third-order valence-electron chi connectivity index (χ3n) is 2.87. The minimum absolute atomic E-state index is 0.340. The van der Waals surface area contributed by atoms with Crippen LogP contribution in [0.1, 0.15) is 15.9 Å². The molecule has 0 aliphatic heterocycles. The van der Waals surface area contributed by atoms with Gasteiger partial charge >= 0.3 is 0 Å². The number of nitrogen functional groups attached to an aromatic ring is 1. The number of carbonyl (C=O) groups excluding carboxylic acids is 1. The first-order valence-corrected chi connectivity index (χ1v) is 5.45. The van der Waals surface area contributed by atoms with Gasteiger partial charge in [-0.3, -0.25) is 4.79 Å². The molecule has 0 saturated heterocycles. The number of rotatable bonds is 2. The molecule has 0 aliphatic carbocycles. The maximum absolute atomic E-state index is 13.2. The SMILES string of the molecule is Cc1c(N)cc(-c2cccc(F)c2)cc1C(N)=O. The zero-order chi connectivity index (χ0) is 13.3. The molecule has 92 valence electrons. The summed E-state index contributed by atoms with van der Waals surface area (Å²) < 4.78 is 13.2. The number of hydrogen-bond donors (Lipinski definition) is 2. The van der Waals surface area contributed by atoms with Crippen LogP contribution in [0, 0.1) is 12.7 Å². The van der Waals surface area contributed by atoms with Crippen LogP contribution in [0.25, 0.3) is 11.1 Å². The highest BCUT2D eigenvalue weighted by Crippen LogP contribution is 2.27. The minimum atomic E-state index is -0.544. The Hall–Kier alpha value is -2.36. The molecule has 0 aliphatic rings. The lowest BCUT2D eigenvalue weighted by atomic mass is 9.98. The smallest absolute Gasteiger partial charge is 0.249 e. The quantitative estimate of drug-likeness (QED) is 0.797. The number of amides is 1. The first-order chi connectivity index (χ1) is 8.49. The number of carbonyl (C=O) groups is 1. The molecule has 0 bridgehead atoms. The summed E-state index contributed by atoms with van der Waals surface area (Å²) in [7, 11) is 0. The van der Waals surface area contributed by atoms with E-state index in [1.165, 1.54) is 12.1 Å². The summed E-state index contributed by atoms with van der Waals surface area (Å²) in [6, 6.07) is 9.42. The number of hydrogen-bond acceptors (Lipinski definition) is 2. The summed E-state index contributed by atoms with van der Waals surface area (Å²) in [6.45, 7) is 1.73. The number of halogens is 1. The van der Waals surface area contributed by atoms with Crippen molar-refractivity contribution in [2.75, 3.05) is 5.73 Å². The average Bonchev–Trinajstić information content (AvgIpc) is 2.32. The molecule has 0 heterocycles. The molecular weight excluding hydrogens is 231 g/mol. The van der Waals surface area contributed by atoms with E-state index in [2.05, 4.69) is 0 Å². The van der Waals surface area contributed by atoms with Gasteiger partial charge in [-0.05, 0) is 47.9 Å². The van der Waals surface area contributed by atoms with Gasteiger partial charge in [0.25, 0.3) is 0 Å². The van der Waals surface area contributed by atoms with Crippen molar-refractivity contribution < 1.29 is 9.18 Å². The summed E-state index contributed by atoms with van der Waals surface area (Å²) in [5, 5.41) is 0. The summed E-state index contributed by atoms with van der Waals surface area (Å²) in [4.78, 5) is 11.3. The van der Waals surface area contributed by atoms with Crippen LogP contribution in [-0.2, 0) is 0 Å². The van der Waals surface area contributed by atoms with Crippen molar-refractivity contribution in [1.29, 1.82) is 0 Å². The van der Waals surface area contributed by atoms with Gasteiger partial charge in [0.2, 0.25) is 5.91 Å². The van der Waals surface area contributed by atoms with Crippen LogP contribution in [0.3, 0.4) is 0 Å². The average molecular weight is 244 g/mol. The largest absolute Gasteiger partial charge is 0.398 e. The number of benzene rings is 2. The van der Waals surface area contributed by atoms with Crippen LogP contribution in [0.4, 0.5) is 10.1 Å². The van der Waals surface area contributed by atoms with Crippen molar-refractivity contribution >= 4 is 11.6 Å². The van der Waals surface area contributed by atoms with E-state index in [4.69, 9.17) is 11.5 Å². The molecule has 4 N–H and O–H groups in total. The lowest BCUT2D eigenvalue weighted by Gasteiger charge is -2.10. The molecule has 0 aromatic heterocycles. The third kappa shape index (κ3) is 2.18. The van der Waals surface area contributed by atoms with E-state index in [-0.39, 0.29) is 5.82 Å². The van der Waals surface area contributed by atoms with Crippen LogP contribution < -0.4 is 11.5 Å². The number of anilines is 1. The van der Waals surface area contributed by atoms with E-state index < -0.39 is 5.91 Å². The molecule has 3 nitrogen and oxygen atoms in total. The Morgan fingerprint density at radius 2 is 1.89 bits per heavy atom. The second-order valence-electron chi connectivity index (χ2n) is 4.11. The van der Waals surface area contributed by atoms with Crippen molar-refractivity contribution in [1.82, 2.24) is 0 Å². The molecule has 0 radical (unpaired) electrons. The van der Waals surface area contributed by atoms with Crippen molar-refractivity contribution in [3.63, 3.8) is 0 Å². The summed E-state index contributed by atoms with van der Waals surface area (Å²) in [5.74, 6) is -0.885. The fourth-order valence-electron chi connectivity index (χ4n) is 1.83. The first kappa shape index (κ1) is 12.1. The Morgan fingerprint density at radius 1 is 1.17 bits per heavy atom. The van der Waals surface area contributed by atoms with E-state index in [0.29, 0.717) is 27.9 Å². The van der Waals surface area contributed by atoms with Gasteiger partial charge in [0, 0.05) is 11.3 Å². The second kappa shape index (κ2) is 4.49. The van der Waals surface area contributed by atoms with E-state index in [1.807, 2.05) is 0 Å². The maximum Gasteiger partial charge on any atom is 0.249 e. The van der Waals surface area contributed by atoms with E-state index in [9.17, 15) is 9.18 Å². The lowest BCUT2D eigenvalue weighted by molar-refractivity contribution is 0.1000. The standard InChI is InChI=1S/C14H13FN2O/c1-8-12(14(17)18)6-10(7-13(8)16)9-3-2-4-11(15)5-9/h2-7H,16H2,1H3,(H2,17,18). The zero-order valence-corrected chi connectivity index (χ0v) is 9.91. The van der Waals surface area contributed by atoms with Gasteiger partial charge in [0.15, 0.2) is 0 Å². The highest BCUT2D eigenvalue weighted by molar-refractivity contribution is 5.97. The van der Waals surface area contributed by atoms with Gasteiger partial charge in [-0.2, -0.15) is 0 Å². The number of nitrogens with two attached hydrogens (primary N) is 2. The number of primary amides is 1. The van der Waals surface area contributed by atoms with Gasteiger partial charge in [0.1, 0.15) is 5.82 Å². The van der Waals surface area contributed by atoms with Crippen molar-refractivity contribution in [2.24, 2.45) is 5.73 Å². The second-order valence-corrected chi connectivity index (χ2v) is 4.11. The molecular formula is C14H13FN2O. The van der Waals surface area contributed by atoms with Gasteiger partial charge in [-0.25, -0.2) is 4.39 Å². The summed E-state index contributed by atoms with van der Waals surface area (Å²) >= 11 is 0. The zero-order valence-electron chi connectivity index (χ0n) is 9.91. The Kier molecular flexibility index (Phi) is 3.02. The Bertz CT molecular complexity index is 623. The predicted molar refractivity (Wildman–Crippen MR) is 69.5 cm³/mol. The molecule has 0 unspecified atom stereocenters. The molecule has 0 spiro atoms. The third-order valence-corrected chi connectivity index (χ3v) is 2.87. The molecule has 0 atom stereocenters. The van der Waals surface area contributed by atoms with Crippen LogP contribution in [0.5, 0.6) is 0 Å². The topological polar surface area (TPSA) is 69.1 Å². The molecule has 4 heteroatoms. The monoisotopic (exact) mass is 244 g/mol.